The summed E-state index contributed by atoms with van der Waals surface area (Å²) in [5.41, 5.74) is 1.24. The molecule has 2 N–H and O–H groups in total. The smallest absolute Gasteiger partial charge is 0.0943 e. The Balaban J connectivity index is 2.19. The van der Waals surface area contributed by atoms with Crippen molar-refractivity contribution >= 4 is 0 Å². The van der Waals surface area contributed by atoms with Gasteiger partial charge < -0.3 is 10.2 Å². The lowest BCUT2D eigenvalue weighted by molar-refractivity contribution is 0.110. The van der Waals surface area contributed by atoms with E-state index in [4.69, 9.17) is 0 Å². The summed E-state index contributed by atoms with van der Waals surface area (Å²) in [5.74, 6) is 0.973. The molecule has 2 heteroatoms. The molecule has 1 saturated carbocycles. The first-order valence-electron chi connectivity index (χ1n) is 4.86. The standard InChI is InChI=1S/C10H16O2/c11-8-5-7-3-1-2-4-9(7)10(12)6-8/h7-8,11-12H,1-6H2. The first-order chi connectivity index (χ1) is 5.77. The Bertz CT molecular complexity index is 208. The third-order valence-corrected chi connectivity index (χ3v) is 3.10. The molecule has 0 heterocycles. The van der Waals surface area contributed by atoms with E-state index in [9.17, 15) is 10.2 Å². The van der Waals surface area contributed by atoms with Gasteiger partial charge in [-0.3, -0.25) is 0 Å². The van der Waals surface area contributed by atoms with Gasteiger partial charge in [0.1, 0.15) is 0 Å². The molecule has 0 bridgehead atoms. The fourth-order valence-corrected chi connectivity index (χ4v) is 2.49. The van der Waals surface area contributed by atoms with E-state index in [-0.39, 0.29) is 6.10 Å². The van der Waals surface area contributed by atoms with Gasteiger partial charge in [-0.2, -0.15) is 0 Å². The van der Waals surface area contributed by atoms with Crippen molar-refractivity contribution in [2.45, 2.75) is 44.6 Å². The van der Waals surface area contributed by atoms with Crippen LogP contribution in [0.25, 0.3) is 0 Å². The van der Waals surface area contributed by atoms with E-state index in [1.807, 2.05) is 0 Å². The number of aliphatic hydroxyl groups excluding tert-OH is 2. The number of hydrogen-bond donors (Lipinski definition) is 2. The first-order valence-corrected chi connectivity index (χ1v) is 4.86. The van der Waals surface area contributed by atoms with Gasteiger partial charge in [0, 0.05) is 6.42 Å². The van der Waals surface area contributed by atoms with Crippen LogP contribution in [0, 0.1) is 5.92 Å². The second kappa shape index (κ2) is 3.09. The maximum atomic E-state index is 9.59. The highest BCUT2D eigenvalue weighted by Crippen LogP contribution is 2.38. The molecule has 68 valence electrons. The predicted octanol–water partition coefficient (Wildman–Crippen LogP) is 2.14. The van der Waals surface area contributed by atoms with Crippen LogP contribution in [0.2, 0.25) is 0 Å². The van der Waals surface area contributed by atoms with Crippen molar-refractivity contribution in [1.82, 2.24) is 0 Å². The molecule has 0 radical (unpaired) electrons. The van der Waals surface area contributed by atoms with Gasteiger partial charge in [-0.15, -0.1) is 0 Å². The van der Waals surface area contributed by atoms with Crippen LogP contribution in [0.4, 0.5) is 0 Å². The average molecular weight is 168 g/mol. The van der Waals surface area contributed by atoms with Crippen molar-refractivity contribution in [3.63, 3.8) is 0 Å². The first kappa shape index (κ1) is 8.11. The molecule has 0 aromatic rings. The number of aliphatic hydroxyl groups is 2. The Morgan fingerprint density at radius 3 is 2.92 bits per heavy atom. The van der Waals surface area contributed by atoms with Crippen LogP contribution in [0.1, 0.15) is 38.5 Å². The number of fused-ring (bicyclic) bond motifs is 1. The average Bonchev–Trinajstić information content (AvgIpc) is 2.04. The molecule has 12 heavy (non-hydrogen) atoms. The summed E-state index contributed by atoms with van der Waals surface area (Å²) >= 11 is 0. The molecule has 0 amide bonds. The summed E-state index contributed by atoms with van der Waals surface area (Å²) in [6.07, 6.45) is 5.77. The highest BCUT2D eigenvalue weighted by atomic mass is 16.3. The topological polar surface area (TPSA) is 40.5 Å². The highest BCUT2D eigenvalue weighted by molar-refractivity contribution is 5.17. The van der Waals surface area contributed by atoms with Crippen LogP contribution in [0.15, 0.2) is 11.3 Å². The number of allylic oxidation sites excluding steroid dienone is 1. The molecule has 2 nitrogen and oxygen atoms in total. The minimum atomic E-state index is -0.295. The van der Waals surface area contributed by atoms with E-state index in [2.05, 4.69) is 0 Å². The van der Waals surface area contributed by atoms with Gasteiger partial charge in [-0.1, -0.05) is 6.42 Å². The quantitative estimate of drug-likeness (QED) is 0.581. The molecule has 2 aliphatic carbocycles. The van der Waals surface area contributed by atoms with Gasteiger partial charge in [-0.05, 0) is 37.2 Å². The maximum absolute atomic E-state index is 9.59. The summed E-state index contributed by atoms with van der Waals surface area (Å²) < 4.78 is 0. The Labute approximate surface area is 72.9 Å². The molecule has 0 aromatic heterocycles. The van der Waals surface area contributed by atoms with Crippen molar-refractivity contribution in [2.24, 2.45) is 5.92 Å². The molecule has 2 atom stereocenters. The molecule has 0 aromatic carbocycles. The lowest BCUT2D eigenvalue weighted by Crippen LogP contribution is -2.25. The second-order valence-electron chi connectivity index (χ2n) is 4.01. The van der Waals surface area contributed by atoms with Gasteiger partial charge in [0.2, 0.25) is 0 Å². The van der Waals surface area contributed by atoms with E-state index < -0.39 is 0 Å². The fourth-order valence-electron chi connectivity index (χ4n) is 2.49. The SMILES string of the molecule is OC1=C2CCCCC2CC(O)C1. The van der Waals surface area contributed by atoms with Gasteiger partial charge in [0.15, 0.2) is 0 Å². The second-order valence-corrected chi connectivity index (χ2v) is 4.01. The van der Waals surface area contributed by atoms with Crippen LogP contribution in [0.3, 0.4) is 0 Å². The maximum Gasteiger partial charge on any atom is 0.0943 e. The van der Waals surface area contributed by atoms with E-state index in [1.165, 1.54) is 18.4 Å². The molecule has 2 rings (SSSR count). The summed E-state index contributed by atoms with van der Waals surface area (Å²) in [4.78, 5) is 0. The van der Waals surface area contributed by atoms with Crippen LogP contribution >= 0.6 is 0 Å². The van der Waals surface area contributed by atoms with Gasteiger partial charge in [0.05, 0.1) is 11.9 Å². The van der Waals surface area contributed by atoms with E-state index in [0.29, 0.717) is 18.1 Å². The predicted molar refractivity (Wildman–Crippen MR) is 46.9 cm³/mol. The van der Waals surface area contributed by atoms with Crippen LogP contribution in [-0.2, 0) is 0 Å². The van der Waals surface area contributed by atoms with Gasteiger partial charge >= 0.3 is 0 Å². The summed E-state index contributed by atoms with van der Waals surface area (Å²) in [6.45, 7) is 0. The zero-order valence-electron chi connectivity index (χ0n) is 7.29. The molecule has 2 aliphatic rings. The number of rotatable bonds is 0. The fraction of sp³-hybridized carbons (Fsp3) is 0.800. The molecule has 0 aliphatic heterocycles. The Hall–Kier alpha value is -0.500. The Morgan fingerprint density at radius 2 is 2.08 bits per heavy atom. The van der Waals surface area contributed by atoms with E-state index >= 15 is 0 Å². The van der Waals surface area contributed by atoms with Crippen molar-refractivity contribution in [3.8, 4) is 0 Å². The summed E-state index contributed by atoms with van der Waals surface area (Å²) in [7, 11) is 0. The number of hydrogen-bond acceptors (Lipinski definition) is 2. The van der Waals surface area contributed by atoms with Crippen LogP contribution in [0.5, 0.6) is 0 Å². The zero-order chi connectivity index (χ0) is 8.55. The van der Waals surface area contributed by atoms with Crippen molar-refractivity contribution in [1.29, 1.82) is 0 Å². The molecule has 0 saturated heterocycles. The van der Waals surface area contributed by atoms with Crippen LogP contribution in [-0.4, -0.2) is 16.3 Å². The van der Waals surface area contributed by atoms with Crippen LogP contribution < -0.4 is 0 Å². The Morgan fingerprint density at radius 1 is 1.25 bits per heavy atom. The minimum absolute atomic E-state index is 0.295. The highest BCUT2D eigenvalue weighted by Gasteiger charge is 2.29. The van der Waals surface area contributed by atoms with Crippen molar-refractivity contribution in [3.05, 3.63) is 11.3 Å². The summed E-state index contributed by atoms with van der Waals surface area (Å²) in [5, 5.41) is 19.0. The van der Waals surface area contributed by atoms with Gasteiger partial charge in [-0.25, -0.2) is 0 Å². The normalized spacial score (nSPS) is 36.4. The largest absolute Gasteiger partial charge is 0.512 e. The monoisotopic (exact) mass is 168 g/mol. The van der Waals surface area contributed by atoms with E-state index in [1.54, 1.807) is 0 Å². The molecule has 1 fully saturated rings. The Kier molecular flexibility index (Phi) is 2.09. The third-order valence-electron chi connectivity index (χ3n) is 3.10. The zero-order valence-corrected chi connectivity index (χ0v) is 7.29. The lowest BCUT2D eigenvalue weighted by atomic mass is 9.76. The minimum Gasteiger partial charge on any atom is -0.512 e. The molecular formula is C10H16O2. The molecule has 0 spiro atoms. The summed E-state index contributed by atoms with van der Waals surface area (Å²) in [6, 6.07) is 0. The molecular weight excluding hydrogens is 152 g/mol. The third kappa shape index (κ3) is 1.36. The van der Waals surface area contributed by atoms with Crippen molar-refractivity contribution in [2.75, 3.05) is 0 Å². The van der Waals surface area contributed by atoms with Gasteiger partial charge in [0.25, 0.3) is 0 Å². The van der Waals surface area contributed by atoms with Crippen molar-refractivity contribution < 1.29 is 10.2 Å². The lowest BCUT2D eigenvalue weighted by Gasteiger charge is -2.32. The van der Waals surface area contributed by atoms with E-state index in [0.717, 1.165) is 19.3 Å². The molecule has 2 unspecified atom stereocenters.